The van der Waals surface area contributed by atoms with Crippen LogP contribution in [-0.4, -0.2) is 17.4 Å². The van der Waals surface area contributed by atoms with Crippen molar-refractivity contribution in [2.24, 2.45) is 0 Å². The molecular weight excluding hydrogens is 314 g/mol. The molecule has 1 aliphatic heterocycles. The summed E-state index contributed by atoms with van der Waals surface area (Å²) >= 11 is 0. The number of aryl methyl sites for hydroxylation is 1. The first-order valence-electron chi connectivity index (χ1n) is 8.51. The standard InChI is InChI=1S/C20H19N3O2/c24-19-15-6-1-2-7-17(15)22-12-16(19)20(25)23-14-9-8-13-5-3-4-10-21-18(13)11-14/h1-2,6-9,11-12,21H,3-5,10H2,(H,22,24)(H,23,25). The lowest BCUT2D eigenvalue weighted by molar-refractivity contribution is 0.102. The number of amides is 1. The maximum absolute atomic E-state index is 12.6. The second kappa shape index (κ2) is 6.43. The molecule has 1 aromatic heterocycles. The Morgan fingerprint density at radius 3 is 2.88 bits per heavy atom. The first-order chi connectivity index (χ1) is 12.2. The second-order valence-corrected chi connectivity index (χ2v) is 6.29. The fourth-order valence-corrected chi connectivity index (χ4v) is 3.23. The van der Waals surface area contributed by atoms with Crippen LogP contribution in [0.1, 0.15) is 28.8 Å². The van der Waals surface area contributed by atoms with Crippen LogP contribution in [0, 0.1) is 0 Å². The van der Waals surface area contributed by atoms with Gasteiger partial charge in [-0.05, 0) is 49.1 Å². The van der Waals surface area contributed by atoms with E-state index in [1.807, 2.05) is 30.3 Å². The average molecular weight is 333 g/mol. The first kappa shape index (κ1) is 15.4. The highest BCUT2D eigenvalue weighted by molar-refractivity contribution is 6.05. The van der Waals surface area contributed by atoms with Crippen LogP contribution in [-0.2, 0) is 6.42 Å². The third-order valence-corrected chi connectivity index (χ3v) is 4.59. The predicted molar refractivity (Wildman–Crippen MR) is 100 cm³/mol. The fraction of sp³-hybridized carbons (Fsp3) is 0.200. The Bertz CT molecular complexity index is 1010. The summed E-state index contributed by atoms with van der Waals surface area (Å²) in [5.41, 5.74) is 3.58. The molecule has 0 aliphatic carbocycles. The first-order valence-corrected chi connectivity index (χ1v) is 8.51. The highest BCUT2D eigenvalue weighted by Crippen LogP contribution is 2.25. The van der Waals surface area contributed by atoms with Gasteiger partial charge in [0.2, 0.25) is 5.43 Å². The number of para-hydroxylation sites is 1. The van der Waals surface area contributed by atoms with Crippen molar-refractivity contribution < 1.29 is 4.79 Å². The summed E-state index contributed by atoms with van der Waals surface area (Å²) in [4.78, 5) is 28.1. The number of anilines is 2. The molecule has 0 unspecified atom stereocenters. The topological polar surface area (TPSA) is 74.0 Å². The lowest BCUT2D eigenvalue weighted by atomic mass is 10.1. The van der Waals surface area contributed by atoms with Gasteiger partial charge in [-0.3, -0.25) is 9.59 Å². The summed E-state index contributed by atoms with van der Waals surface area (Å²) in [7, 11) is 0. The Hall–Kier alpha value is -3.08. The minimum Gasteiger partial charge on any atom is -0.385 e. The van der Waals surface area contributed by atoms with E-state index < -0.39 is 5.91 Å². The number of aromatic nitrogens is 1. The van der Waals surface area contributed by atoms with E-state index in [2.05, 4.69) is 15.6 Å². The molecule has 0 bridgehead atoms. The number of benzene rings is 2. The van der Waals surface area contributed by atoms with Crippen LogP contribution in [0.5, 0.6) is 0 Å². The molecule has 5 heteroatoms. The molecule has 126 valence electrons. The number of aromatic amines is 1. The number of H-pyrrole nitrogens is 1. The molecule has 25 heavy (non-hydrogen) atoms. The number of rotatable bonds is 2. The van der Waals surface area contributed by atoms with Gasteiger partial charge in [0.05, 0.1) is 0 Å². The molecule has 0 radical (unpaired) electrons. The number of nitrogens with one attached hydrogen (secondary N) is 3. The van der Waals surface area contributed by atoms with E-state index in [0.717, 1.165) is 37.0 Å². The van der Waals surface area contributed by atoms with Crippen LogP contribution >= 0.6 is 0 Å². The minimum atomic E-state index is -0.402. The van der Waals surface area contributed by atoms with E-state index >= 15 is 0 Å². The predicted octanol–water partition coefficient (Wildman–Crippen LogP) is 3.53. The molecule has 0 saturated heterocycles. The minimum absolute atomic E-state index is 0.113. The quantitative estimate of drug-likeness (QED) is 0.672. The SMILES string of the molecule is O=C(Nc1ccc2c(c1)NCCCC2)c1c[nH]c2ccccc2c1=O. The van der Waals surface area contributed by atoms with Crippen LogP contribution in [0.25, 0.3) is 10.9 Å². The highest BCUT2D eigenvalue weighted by atomic mass is 16.2. The van der Waals surface area contributed by atoms with Crippen LogP contribution in [0.2, 0.25) is 0 Å². The summed E-state index contributed by atoms with van der Waals surface area (Å²) in [6, 6.07) is 13.0. The molecule has 3 aromatic rings. The van der Waals surface area contributed by atoms with Gasteiger partial charge in [0.25, 0.3) is 5.91 Å². The Morgan fingerprint density at radius 1 is 1.08 bits per heavy atom. The van der Waals surface area contributed by atoms with E-state index in [-0.39, 0.29) is 11.0 Å². The molecule has 3 N–H and O–H groups in total. The number of pyridine rings is 1. The summed E-state index contributed by atoms with van der Waals surface area (Å²) in [6.45, 7) is 0.939. The average Bonchev–Trinajstić information content (AvgIpc) is 2.87. The van der Waals surface area contributed by atoms with Crippen molar-refractivity contribution in [3.8, 4) is 0 Å². The van der Waals surface area contributed by atoms with E-state index in [1.54, 1.807) is 12.1 Å². The summed E-state index contributed by atoms with van der Waals surface area (Å²) in [6.07, 6.45) is 4.82. The van der Waals surface area contributed by atoms with Crippen LogP contribution in [0.3, 0.4) is 0 Å². The highest BCUT2D eigenvalue weighted by Gasteiger charge is 2.14. The Balaban J connectivity index is 1.63. The van der Waals surface area contributed by atoms with Crippen LogP contribution in [0.15, 0.2) is 53.5 Å². The molecule has 2 heterocycles. The van der Waals surface area contributed by atoms with Gasteiger partial charge in [0, 0.05) is 35.0 Å². The maximum atomic E-state index is 12.6. The van der Waals surface area contributed by atoms with Crippen molar-refractivity contribution in [2.45, 2.75) is 19.3 Å². The van der Waals surface area contributed by atoms with Gasteiger partial charge in [0.1, 0.15) is 5.56 Å². The van der Waals surface area contributed by atoms with Crippen LogP contribution in [0.4, 0.5) is 11.4 Å². The van der Waals surface area contributed by atoms with Gasteiger partial charge >= 0.3 is 0 Å². The molecule has 1 amide bonds. The summed E-state index contributed by atoms with van der Waals surface area (Å²) < 4.78 is 0. The van der Waals surface area contributed by atoms with Crippen molar-refractivity contribution in [1.82, 2.24) is 4.98 Å². The zero-order valence-electron chi connectivity index (χ0n) is 13.8. The summed E-state index contributed by atoms with van der Waals surface area (Å²) in [5, 5.41) is 6.74. The Morgan fingerprint density at radius 2 is 1.96 bits per heavy atom. The molecule has 5 nitrogen and oxygen atoms in total. The van der Waals surface area contributed by atoms with Crippen molar-refractivity contribution in [3.05, 3.63) is 70.0 Å². The largest absolute Gasteiger partial charge is 0.385 e. The van der Waals surface area contributed by atoms with E-state index in [1.165, 1.54) is 11.8 Å². The number of hydrogen-bond acceptors (Lipinski definition) is 3. The maximum Gasteiger partial charge on any atom is 0.261 e. The molecule has 2 aromatic carbocycles. The van der Waals surface area contributed by atoms with Crippen molar-refractivity contribution in [1.29, 1.82) is 0 Å². The van der Waals surface area contributed by atoms with E-state index in [4.69, 9.17) is 0 Å². The Kier molecular flexibility index (Phi) is 3.98. The lowest BCUT2D eigenvalue weighted by Crippen LogP contribution is -2.22. The molecule has 0 atom stereocenters. The molecular formula is C20H19N3O2. The molecule has 0 fully saturated rings. The molecule has 0 spiro atoms. The fourth-order valence-electron chi connectivity index (χ4n) is 3.23. The van der Waals surface area contributed by atoms with Crippen molar-refractivity contribution >= 4 is 28.2 Å². The number of carbonyl (C=O) groups excluding carboxylic acids is 1. The third-order valence-electron chi connectivity index (χ3n) is 4.59. The molecule has 4 rings (SSSR count). The van der Waals surface area contributed by atoms with Crippen LogP contribution < -0.4 is 16.1 Å². The number of fused-ring (bicyclic) bond motifs is 2. The molecule has 1 aliphatic rings. The van der Waals surface area contributed by atoms with E-state index in [0.29, 0.717) is 11.1 Å². The normalized spacial score (nSPS) is 13.6. The van der Waals surface area contributed by atoms with Gasteiger partial charge in [-0.15, -0.1) is 0 Å². The van der Waals surface area contributed by atoms with Gasteiger partial charge in [-0.1, -0.05) is 18.2 Å². The number of hydrogen-bond donors (Lipinski definition) is 3. The zero-order chi connectivity index (χ0) is 17.2. The van der Waals surface area contributed by atoms with Crippen molar-refractivity contribution in [2.75, 3.05) is 17.2 Å². The summed E-state index contributed by atoms with van der Waals surface area (Å²) in [5.74, 6) is -0.402. The Labute approximate surface area is 145 Å². The van der Waals surface area contributed by atoms with Gasteiger partial charge in [-0.25, -0.2) is 0 Å². The van der Waals surface area contributed by atoms with Gasteiger partial charge < -0.3 is 15.6 Å². The third kappa shape index (κ3) is 3.01. The lowest BCUT2D eigenvalue weighted by Gasteiger charge is -2.11. The van der Waals surface area contributed by atoms with E-state index in [9.17, 15) is 9.59 Å². The second-order valence-electron chi connectivity index (χ2n) is 6.29. The zero-order valence-corrected chi connectivity index (χ0v) is 13.8. The van der Waals surface area contributed by atoms with Gasteiger partial charge in [0.15, 0.2) is 0 Å². The monoisotopic (exact) mass is 333 g/mol. The molecule has 0 saturated carbocycles. The van der Waals surface area contributed by atoms with Crippen molar-refractivity contribution in [3.63, 3.8) is 0 Å². The smallest absolute Gasteiger partial charge is 0.261 e. The van der Waals surface area contributed by atoms with Gasteiger partial charge in [-0.2, -0.15) is 0 Å². The number of carbonyl (C=O) groups is 1.